The molecule has 0 unspecified atom stereocenters. The third-order valence-electron chi connectivity index (χ3n) is 2.28. The summed E-state index contributed by atoms with van der Waals surface area (Å²) in [5, 5.41) is 3.09. The lowest BCUT2D eigenvalue weighted by Gasteiger charge is -2.34. The number of rotatable bonds is 2. The van der Waals surface area contributed by atoms with Crippen LogP contribution in [0.3, 0.4) is 0 Å². The molecule has 0 spiro atoms. The van der Waals surface area contributed by atoms with Gasteiger partial charge in [0.25, 0.3) is 0 Å². The van der Waals surface area contributed by atoms with Crippen LogP contribution in [0, 0.1) is 0 Å². The summed E-state index contributed by atoms with van der Waals surface area (Å²) in [6.07, 6.45) is 0. The second-order valence-electron chi connectivity index (χ2n) is 3.50. The predicted molar refractivity (Wildman–Crippen MR) is 47.7 cm³/mol. The van der Waals surface area contributed by atoms with E-state index in [1.165, 1.54) is 0 Å². The molecule has 1 saturated heterocycles. The Hall–Kier alpha value is -0.610. The minimum Gasteiger partial charge on any atom is -0.368 e. The van der Waals surface area contributed by atoms with E-state index in [4.69, 9.17) is 5.73 Å². The van der Waals surface area contributed by atoms with Crippen molar-refractivity contribution < 1.29 is 4.79 Å². The van der Waals surface area contributed by atoms with Gasteiger partial charge in [0.2, 0.25) is 5.91 Å². The number of nitrogens with one attached hydrogen (secondary N) is 1. The van der Waals surface area contributed by atoms with Crippen LogP contribution in [-0.4, -0.2) is 42.5 Å². The monoisotopic (exact) mass is 171 g/mol. The number of piperazine rings is 1. The first kappa shape index (κ1) is 9.48. The summed E-state index contributed by atoms with van der Waals surface area (Å²) in [5.74, 6) is -0.250. The Balaban J connectivity index is 2.46. The molecule has 0 bridgehead atoms. The Morgan fingerprint density at radius 3 is 2.83 bits per heavy atom. The minimum atomic E-state index is -0.250. The van der Waals surface area contributed by atoms with Crippen LogP contribution in [0.25, 0.3) is 0 Å². The molecule has 1 aliphatic rings. The van der Waals surface area contributed by atoms with Crippen LogP contribution in [0.1, 0.15) is 13.8 Å². The summed E-state index contributed by atoms with van der Waals surface area (Å²) < 4.78 is 0. The molecule has 0 aromatic heterocycles. The van der Waals surface area contributed by atoms with Crippen molar-refractivity contribution in [1.82, 2.24) is 10.2 Å². The molecule has 1 amide bonds. The molecule has 1 aliphatic heterocycles. The van der Waals surface area contributed by atoms with Gasteiger partial charge in [-0.25, -0.2) is 0 Å². The largest absolute Gasteiger partial charge is 0.368 e. The Bertz CT molecular complexity index is 170. The van der Waals surface area contributed by atoms with Crippen LogP contribution in [-0.2, 0) is 4.79 Å². The predicted octanol–water partition coefficient (Wildman–Crippen LogP) is -0.846. The first-order chi connectivity index (χ1) is 5.61. The first-order valence-electron chi connectivity index (χ1n) is 4.38. The Kier molecular flexibility index (Phi) is 3.05. The van der Waals surface area contributed by atoms with Gasteiger partial charge in [-0.3, -0.25) is 9.69 Å². The Morgan fingerprint density at radius 2 is 2.33 bits per heavy atom. The van der Waals surface area contributed by atoms with E-state index in [0.29, 0.717) is 6.04 Å². The van der Waals surface area contributed by atoms with Crippen LogP contribution in [0.2, 0.25) is 0 Å². The Labute approximate surface area is 73.1 Å². The molecular weight excluding hydrogens is 154 g/mol. The highest BCUT2D eigenvalue weighted by atomic mass is 16.1. The van der Waals surface area contributed by atoms with Crippen molar-refractivity contribution in [3.8, 4) is 0 Å². The third-order valence-corrected chi connectivity index (χ3v) is 2.28. The van der Waals surface area contributed by atoms with E-state index in [0.717, 1.165) is 19.6 Å². The average Bonchev–Trinajstić information content (AvgIpc) is 2.04. The van der Waals surface area contributed by atoms with E-state index >= 15 is 0 Å². The van der Waals surface area contributed by atoms with E-state index < -0.39 is 0 Å². The fraction of sp³-hybridized carbons (Fsp3) is 0.875. The van der Waals surface area contributed by atoms with Crippen molar-refractivity contribution in [2.24, 2.45) is 5.73 Å². The van der Waals surface area contributed by atoms with Crippen LogP contribution < -0.4 is 11.1 Å². The van der Waals surface area contributed by atoms with Gasteiger partial charge in [0.15, 0.2) is 0 Å². The van der Waals surface area contributed by atoms with E-state index in [9.17, 15) is 4.79 Å². The zero-order valence-corrected chi connectivity index (χ0v) is 7.71. The second-order valence-corrected chi connectivity index (χ2v) is 3.50. The number of primary amides is 1. The summed E-state index contributed by atoms with van der Waals surface area (Å²) in [6, 6.07) is 0.329. The van der Waals surface area contributed by atoms with Gasteiger partial charge in [0.05, 0.1) is 6.04 Å². The molecule has 0 aromatic carbocycles. The number of carbonyl (C=O) groups is 1. The number of carbonyl (C=O) groups excluding carboxylic acids is 1. The molecule has 0 aromatic rings. The van der Waals surface area contributed by atoms with Crippen molar-refractivity contribution in [2.75, 3.05) is 19.6 Å². The van der Waals surface area contributed by atoms with Gasteiger partial charge in [0.1, 0.15) is 0 Å². The lowest BCUT2D eigenvalue weighted by Crippen LogP contribution is -2.57. The zero-order chi connectivity index (χ0) is 9.14. The maximum Gasteiger partial charge on any atom is 0.235 e. The normalized spacial score (nSPS) is 26.1. The Morgan fingerprint density at radius 1 is 1.67 bits per heavy atom. The molecule has 4 heteroatoms. The average molecular weight is 171 g/mol. The topological polar surface area (TPSA) is 58.4 Å². The number of amides is 1. The highest BCUT2D eigenvalue weighted by molar-refractivity contribution is 5.80. The molecular formula is C8H17N3O. The molecule has 4 nitrogen and oxygen atoms in total. The van der Waals surface area contributed by atoms with Gasteiger partial charge in [0, 0.05) is 25.7 Å². The van der Waals surface area contributed by atoms with E-state index in [1.54, 1.807) is 0 Å². The van der Waals surface area contributed by atoms with Gasteiger partial charge in [-0.1, -0.05) is 0 Å². The first-order valence-corrected chi connectivity index (χ1v) is 4.38. The van der Waals surface area contributed by atoms with Crippen molar-refractivity contribution in [3.05, 3.63) is 0 Å². The van der Waals surface area contributed by atoms with Crippen LogP contribution in [0.4, 0.5) is 0 Å². The highest BCUT2D eigenvalue weighted by Gasteiger charge is 2.24. The lowest BCUT2D eigenvalue weighted by molar-refractivity contribution is -0.121. The quantitative estimate of drug-likeness (QED) is 0.569. The number of nitrogens with two attached hydrogens (primary N) is 1. The molecule has 1 atom stereocenters. The fourth-order valence-corrected chi connectivity index (χ4v) is 1.43. The molecule has 3 N–H and O–H groups in total. The van der Waals surface area contributed by atoms with Gasteiger partial charge in [-0.15, -0.1) is 0 Å². The maximum absolute atomic E-state index is 10.9. The van der Waals surface area contributed by atoms with Crippen molar-refractivity contribution in [2.45, 2.75) is 25.9 Å². The summed E-state index contributed by atoms with van der Waals surface area (Å²) in [4.78, 5) is 13.1. The number of hydrogen-bond acceptors (Lipinski definition) is 3. The minimum absolute atomic E-state index is 0.166. The van der Waals surface area contributed by atoms with Gasteiger partial charge >= 0.3 is 0 Å². The molecule has 1 heterocycles. The molecule has 1 rings (SSSR count). The SMILES string of the molecule is CC(C)N1CCN[C@@H](C(N)=O)C1. The summed E-state index contributed by atoms with van der Waals surface area (Å²) in [6.45, 7) is 6.85. The van der Waals surface area contributed by atoms with Crippen molar-refractivity contribution >= 4 is 5.91 Å². The highest BCUT2D eigenvalue weighted by Crippen LogP contribution is 2.03. The van der Waals surface area contributed by atoms with Gasteiger partial charge < -0.3 is 11.1 Å². The van der Waals surface area contributed by atoms with Crippen molar-refractivity contribution in [3.63, 3.8) is 0 Å². The van der Waals surface area contributed by atoms with E-state index in [2.05, 4.69) is 24.1 Å². The van der Waals surface area contributed by atoms with Gasteiger partial charge in [-0.2, -0.15) is 0 Å². The summed E-state index contributed by atoms with van der Waals surface area (Å²) in [5.41, 5.74) is 5.20. The van der Waals surface area contributed by atoms with Crippen molar-refractivity contribution in [1.29, 1.82) is 0 Å². The smallest absolute Gasteiger partial charge is 0.235 e. The van der Waals surface area contributed by atoms with Crippen LogP contribution in [0.15, 0.2) is 0 Å². The summed E-state index contributed by atoms with van der Waals surface area (Å²) in [7, 11) is 0. The van der Waals surface area contributed by atoms with Crippen LogP contribution in [0.5, 0.6) is 0 Å². The summed E-state index contributed by atoms with van der Waals surface area (Å²) >= 11 is 0. The maximum atomic E-state index is 10.9. The number of nitrogens with zero attached hydrogens (tertiary/aromatic N) is 1. The molecule has 70 valence electrons. The molecule has 0 saturated carbocycles. The third kappa shape index (κ3) is 2.19. The second kappa shape index (κ2) is 3.87. The zero-order valence-electron chi connectivity index (χ0n) is 7.71. The number of hydrogen-bond donors (Lipinski definition) is 2. The molecule has 1 fully saturated rings. The standard InChI is InChI=1S/C8H17N3O/c1-6(2)11-4-3-10-7(5-11)8(9)12/h6-7,10H,3-5H2,1-2H3,(H2,9,12)/t7-/m1/s1. The molecule has 12 heavy (non-hydrogen) atoms. The van der Waals surface area contributed by atoms with Crippen LogP contribution >= 0.6 is 0 Å². The molecule has 0 radical (unpaired) electrons. The van der Waals surface area contributed by atoms with E-state index in [-0.39, 0.29) is 11.9 Å². The molecule has 0 aliphatic carbocycles. The lowest BCUT2D eigenvalue weighted by atomic mass is 10.1. The van der Waals surface area contributed by atoms with Gasteiger partial charge in [-0.05, 0) is 13.8 Å². The fourth-order valence-electron chi connectivity index (χ4n) is 1.43. The van der Waals surface area contributed by atoms with E-state index in [1.807, 2.05) is 0 Å².